The predicted octanol–water partition coefficient (Wildman–Crippen LogP) is 5.10. The largest absolute Gasteiger partial charge is 0.369 e. The lowest BCUT2D eigenvalue weighted by Gasteiger charge is -2.15. The zero-order valence-corrected chi connectivity index (χ0v) is 14.1. The smallest absolute Gasteiger partial charge is 0.201 e. The standard InChI is InChI=1S/C15H15Cl2N3S/c1-8(5-10-4-3-9(2)21-10)20-14-7-12(17)11(16)6-13(14)19-15(20)18/h3-4,6-8H,5H2,1-2H3,(H2,18,19). The van der Waals surface area contributed by atoms with Crippen molar-refractivity contribution < 1.29 is 0 Å². The Morgan fingerprint density at radius 2 is 2.00 bits per heavy atom. The van der Waals surface area contributed by atoms with Crippen LogP contribution in [0.4, 0.5) is 5.95 Å². The zero-order chi connectivity index (χ0) is 15.1. The van der Waals surface area contributed by atoms with Crippen molar-refractivity contribution in [3.05, 3.63) is 44.1 Å². The van der Waals surface area contributed by atoms with Gasteiger partial charge in [-0.15, -0.1) is 11.3 Å². The first-order valence-corrected chi connectivity index (χ1v) is 8.20. The number of benzene rings is 1. The molecular formula is C15H15Cl2N3S. The van der Waals surface area contributed by atoms with Crippen LogP contribution in [0, 0.1) is 6.92 Å². The highest BCUT2D eigenvalue weighted by Crippen LogP contribution is 2.32. The van der Waals surface area contributed by atoms with Crippen LogP contribution in [0.5, 0.6) is 0 Å². The van der Waals surface area contributed by atoms with E-state index in [2.05, 4.69) is 31.0 Å². The summed E-state index contributed by atoms with van der Waals surface area (Å²) in [7, 11) is 0. The summed E-state index contributed by atoms with van der Waals surface area (Å²) >= 11 is 14.0. The average Bonchev–Trinajstić information content (AvgIpc) is 2.93. The second kappa shape index (κ2) is 5.52. The molecule has 0 radical (unpaired) electrons. The molecule has 6 heteroatoms. The van der Waals surface area contributed by atoms with Crippen molar-refractivity contribution in [2.75, 3.05) is 5.73 Å². The van der Waals surface area contributed by atoms with Crippen molar-refractivity contribution in [3.63, 3.8) is 0 Å². The Hall–Kier alpha value is -1.23. The van der Waals surface area contributed by atoms with E-state index < -0.39 is 0 Å². The Labute approximate surface area is 137 Å². The van der Waals surface area contributed by atoms with E-state index in [1.165, 1.54) is 9.75 Å². The normalized spacial score (nSPS) is 13.0. The minimum absolute atomic E-state index is 0.199. The van der Waals surface area contributed by atoms with Crippen LogP contribution in [0.1, 0.15) is 22.7 Å². The molecule has 3 rings (SSSR count). The summed E-state index contributed by atoms with van der Waals surface area (Å²) in [5.74, 6) is 0.490. The summed E-state index contributed by atoms with van der Waals surface area (Å²) in [6.45, 7) is 4.25. The van der Waals surface area contributed by atoms with Crippen molar-refractivity contribution in [3.8, 4) is 0 Å². The van der Waals surface area contributed by atoms with Gasteiger partial charge in [0.25, 0.3) is 0 Å². The van der Waals surface area contributed by atoms with Gasteiger partial charge < -0.3 is 10.3 Å². The number of nitrogens with zero attached hydrogens (tertiary/aromatic N) is 2. The van der Waals surface area contributed by atoms with E-state index in [1.807, 2.05) is 22.0 Å². The van der Waals surface area contributed by atoms with E-state index in [-0.39, 0.29) is 6.04 Å². The van der Waals surface area contributed by atoms with Crippen molar-refractivity contribution in [2.24, 2.45) is 0 Å². The Morgan fingerprint density at radius 1 is 1.29 bits per heavy atom. The first-order valence-electron chi connectivity index (χ1n) is 6.63. The fraction of sp³-hybridized carbons (Fsp3) is 0.267. The number of halogens is 2. The molecular weight excluding hydrogens is 325 g/mol. The molecule has 0 aliphatic heterocycles. The molecule has 3 aromatic rings. The summed E-state index contributed by atoms with van der Waals surface area (Å²) in [5.41, 5.74) is 7.78. The predicted molar refractivity (Wildman–Crippen MR) is 91.6 cm³/mol. The van der Waals surface area contributed by atoms with Gasteiger partial charge in [-0.3, -0.25) is 0 Å². The monoisotopic (exact) mass is 339 g/mol. The molecule has 0 amide bonds. The highest BCUT2D eigenvalue weighted by atomic mass is 35.5. The molecule has 1 atom stereocenters. The zero-order valence-electron chi connectivity index (χ0n) is 11.7. The Morgan fingerprint density at radius 3 is 2.67 bits per heavy atom. The third-order valence-electron chi connectivity index (χ3n) is 3.49. The molecule has 0 fully saturated rings. The number of hydrogen-bond acceptors (Lipinski definition) is 3. The number of aromatic nitrogens is 2. The lowest BCUT2D eigenvalue weighted by molar-refractivity contribution is 0.571. The fourth-order valence-electron chi connectivity index (χ4n) is 2.55. The van der Waals surface area contributed by atoms with Gasteiger partial charge in [0.15, 0.2) is 0 Å². The Bertz CT molecular complexity index is 807. The van der Waals surface area contributed by atoms with Gasteiger partial charge in [0, 0.05) is 22.2 Å². The number of imidazole rings is 1. The van der Waals surface area contributed by atoms with Gasteiger partial charge in [0.05, 0.1) is 21.1 Å². The van der Waals surface area contributed by atoms with Gasteiger partial charge >= 0.3 is 0 Å². The number of fused-ring (bicyclic) bond motifs is 1. The number of thiophene rings is 1. The highest BCUT2D eigenvalue weighted by molar-refractivity contribution is 7.11. The highest BCUT2D eigenvalue weighted by Gasteiger charge is 2.16. The maximum absolute atomic E-state index is 6.13. The molecule has 0 aliphatic carbocycles. The molecule has 21 heavy (non-hydrogen) atoms. The van der Waals surface area contributed by atoms with Gasteiger partial charge in [-0.05, 0) is 38.1 Å². The van der Waals surface area contributed by atoms with Crippen LogP contribution in [-0.2, 0) is 6.42 Å². The molecule has 2 heterocycles. The van der Waals surface area contributed by atoms with E-state index in [0.717, 1.165) is 17.5 Å². The van der Waals surface area contributed by atoms with Gasteiger partial charge in [-0.25, -0.2) is 4.98 Å². The second-order valence-corrected chi connectivity index (χ2v) is 7.35. The third kappa shape index (κ3) is 2.76. The van der Waals surface area contributed by atoms with Crippen molar-refractivity contribution >= 4 is 51.5 Å². The third-order valence-corrected chi connectivity index (χ3v) is 5.24. The van der Waals surface area contributed by atoms with E-state index in [0.29, 0.717) is 16.0 Å². The summed E-state index contributed by atoms with van der Waals surface area (Å²) in [5, 5.41) is 1.01. The number of rotatable bonds is 3. The minimum atomic E-state index is 0.199. The molecule has 0 saturated carbocycles. The van der Waals surface area contributed by atoms with Gasteiger partial charge in [0.2, 0.25) is 5.95 Å². The first kappa shape index (κ1) is 14.7. The fourth-order valence-corrected chi connectivity index (χ4v) is 3.88. The summed E-state index contributed by atoms with van der Waals surface area (Å²) in [6.07, 6.45) is 0.911. The van der Waals surface area contributed by atoms with Crippen LogP contribution in [0.2, 0.25) is 10.0 Å². The number of nitrogen functional groups attached to an aromatic ring is 1. The van der Waals surface area contributed by atoms with Gasteiger partial charge in [-0.2, -0.15) is 0 Å². The van der Waals surface area contributed by atoms with Crippen LogP contribution in [0.3, 0.4) is 0 Å². The van der Waals surface area contributed by atoms with Crippen LogP contribution in [-0.4, -0.2) is 9.55 Å². The van der Waals surface area contributed by atoms with Crippen LogP contribution in [0.15, 0.2) is 24.3 Å². The van der Waals surface area contributed by atoms with Crippen LogP contribution in [0.25, 0.3) is 11.0 Å². The maximum Gasteiger partial charge on any atom is 0.201 e. The summed E-state index contributed by atoms with van der Waals surface area (Å²) < 4.78 is 2.02. The number of hydrogen-bond donors (Lipinski definition) is 1. The van der Waals surface area contributed by atoms with Crippen molar-refractivity contribution in [1.29, 1.82) is 0 Å². The van der Waals surface area contributed by atoms with Crippen LogP contribution < -0.4 is 5.73 Å². The Kier molecular flexibility index (Phi) is 3.86. The molecule has 2 N–H and O–H groups in total. The SMILES string of the molecule is Cc1ccc(CC(C)n2c(N)nc3cc(Cl)c(Cl)cc32)s1. The lowest BCUT2D eigenvalue weighted by Crippen LogP contribution is -2.10. The van der Waals surface area contributed by atoms with Gasteiger partial charge in [-0.1, -0.05) is 23.2 Å². The van der Waals surface area contributed by atoms with E-state index in [1.54, 1.807) is 6.07 Å². The second-order valence-electron chi connectivity index (χ2n) is 5.16. The van der Waals surface area contributed by atoms with Crippen LogP contribution >= 0.6 is 34.5 Å². The van der Waals surface area contributed by atoms with Crippen molar-refractivity contribution in [1.82, 2.24) is 9.55 Å². The number of nitrogens with two attached hydrogens (primary N) is 1. The number of anilines is 1. The lowest BCUT2D eigenvalue weighted by atomic mass is 10.2. The topological polar surface area (TPSA) is 43.8 Å². The van der Waals surface area contributed by atoms with Gasteiger partial charge in [0.1, 0.15) is 0 Å². The minimum Gasteiger partial charge on any atom is -0.369 e. The molecule has 110 valence electrons. The molecule has 0 saturated heterocycles. The summed E-state index contributed by atoms with van der Waals surface area (Å²) in [6, 6.07) is 8.09. The van der Waals surface area contributed by atoms with Crippen molar-refractivity contribution in [2.45, 2.75) is 26.3 Å². The van der Waals surface area contributed by atoms with E-state index in [9.17, 15) is 0 Å². The molecule has 1 unspecified atom stereocenters. The van der Waals surface area contributed by atoms with E-state index in [4.69, 9.17) is 28.9 Å². The molecule has 0 spiro atoms. The average molecular weight is 340 g/mol. The maximum atomic E-state index is 6.13. The molecule has 0 bridgehead atoms. The quantitative estimate of drug-likeness (QED) is 0.721. The molecule has 3 nitrogen and oxygen atoms in total. The first-order chi connectivity index (χ1) is 9.95. The number of aryl methyl sites for hydroxylation is 1. The molecule has 0 aliphatic rings. The summed E-state index contributed by atoms with van der Waals surface area (Å²) in [4.78, 5) is 7.03. The molecule has 1 aromatic carbocycles. The molecule has 2 aromatic heterocycles. The van der Waals surface area contributed by atoms with E-state index >= 15 is 0 Å². The Balaban J connectivity index is 2.02.